The Balaban J connectivity index is 1.57. The number of halogens is 12. The SMILES string of the molecule is O=C(Nc1cc(C(F)(F)F)cc(C(F)(F)F)c1)c1ccccc1SSc1ccccc1C(=O)Nc1cc(C(F)(F)F)cc(C(F)(F)F)c1. The van der Waals surface area contributed by atoms with Crippen LogP contribution in [-0.2, 0) is 24.7 Å². The van der Waals surface area contributed by atoms with Crippen LogP contribution >= 0.6 is 21.6 Å². The van der Waals surface area contributed by atoms with E-state index >= 15 is 0 Å². The molecule has 0 fully saturated rings. The van der Waals surface area contributed by atoms with Crippen molar-refractivity contribution in [1.82, 2.24) is 0 Å². The maximum atomic E-state index is 13.3. The summed E-state index contributed by atoms with van der Waals surface area (Å²) in [5.41, 5.74) is -8.57. The fraction of sp³-hybridized carbons (Fsp3) is 0.133. The lowest BCUT2D eigenvalue weighted by Crippen LogP contribution is -2.16. The molecule has 4 rings (SSSR count). The van der Waals surface area contributed by atoms with Crippen LogP contribution in [0, 0.1) is 0 Å². The third kappa shape index (κ3) is 9.18. The summed E-state index contributed by atoms with van der Waals surface area (Å²) >= 11 is 0. The lowest BCUT2D eigenvalue weighted by atomic mass is 10.1. The van der Waals surface area contributed by atoms with Crippen molar-refractivity contribution in [2.75, 3.05) is 10.6 Å². The number of nitrogens with one attached hydrogen (secondary N) is 2. The van der Waals surface area contributed by atoms with Crippen LogP contribution < -0.4 is 10.6 Å². The van der Waals surface area contributed by atoms with Crippen molar-refractivity contribution in [3.05, 3.63) is 118 Å². The number of carbonyl (C=O) groups is 2. The largest absolute Gasteiger partial charge is 0.416 e. The number of alkyl halides is 12. The van der Waals surface area contributed by atoms with E-state index in [2.05, 4.69) is 0 Å². The Morgan fingerprint density at radius 2 is 0.708 bits per heavy atom. The van der Waals surface area contributed by atoms with Crippen molar-refractivity contribution in [2.24, 2.45) is 0 Å². The number of benzene rings is 4. The minimum atomic E-state index is -5.16. The first-order valence-electron chi connectivity index (χ1n) is 12.9. The second-order valence-electron chi connectivity index (χ2n) is 9.66. The third-order valence-corrected chi connectivity index (χ3v) is 8.66. The molecule has 0 spiro atoms. The predicted molar refractivity (Wildman–Crippen MR) is 153 cm³/mol. The van der Waals surface area contributed by atoms with E-state index in [1.54, 1.807) is 0 Å². The molecule has 2 N–H and O–H groups in total. The molecule has 0 saturated heterocycles. The van der Waals surface area contributed by atoms with Crippen LogP contribution in [0.25, 0.3) is 0 Å². The molecule has 4 nitrogen and oxygen atoms in total. The highest BCUT2D eigenvalue weighted by Crippen LogP contribution is 2.42. The molecule has 0 saturated carbocycles. The van der Waals surface area contributed by atoms with Crippen LogP contribution in [0.2, 0.25) is 0 Å². The Hall–Kier alpha value is -4.32. The molecular formula is C30H16F12N2O2S2. The maximum Gasteiger partial charge on any atom is 0.416 e. The molecule has 0 bridgehead atoms. The first kappa shape index (κ1) is 36.5. The summed E-state index contributed by atoms with van der Waals surface area (Å²) < 4.78 is 159. The summed E-state index contributed by atoms with van der Waals surface area (Å²) in [6.45, 7) is 0. The fourth-order valence-corrected chi connectivity index (χ4v) is 6.35. The second kappa shape index (κ2) is 13.7. The molecule has 4 aromatic rings. The summed E-state index contributed by atoms with van der Waals surface area (Å²) in [7, 11) is 1.64. The summed E-state index contributed by atoms with van der Waals surface area (Å²) in [5.74, 6) is -2.16. The average molecular weight is 729 g/mol. The quantitative estimate of drug-likeness (QED) is 0.147. The van der Waals surface area contributed by atoms with E-state index < -0.39 is 70.1 Å². The van der Waals surface area contributed by atoms with Gasteiger partial charge in [0.2, 0.25) is 0 Å². The van der Waals surface area contributed by atoms with Gasteiger partial charge in [-0.3, -0.25) is 9.59 Å². The molecule has 0 atom stereocenters. The van der Waals surface area contributed by atoms with E-state index in [-0.39, 0.29) is 33.1 Å². The van der Waals surface area contributed by atoms with Crippen molar-refractivity contribution in [1.29, 1.82) is 0 Å². The summed E-state index contributed by atoms with van der Waals surface area (Å²) in [5, 5.41) is 4.05. The van der Waals surface area contributed by atoms with Gasteiger partial charge < -0.3 is 10.6 Å². The Morgan fingerprint density at radius 3 is 0.979 bits per heavy atom. The minimum absolute atomic E-state index is 0.105. The molecule has 0 aromatic heterocycles. The van der Waals surface area contributed by atoms with Gasteiger partial charge in [0.1, 0.15) is 0 Å². The Kier molecular flexibility index (Phi) is 10.4. The van der Waals surface area contributed by atoms with E-state index in [1.165, 1.54) is 48.5 Å². The van der Waals surface area contributed by atoms with Crippen molar-refractivity contribution in [3.63, 3.8) is 0 Å². The predicted octanol–water partition coefficient (Wildman–Crippen LogP) is 11.1. The maximum absolute atomic E-state index is 13.3. The van der Waals surface area contributed by atoms with E-state index in [1.807, 2.05) is 10.6 Å². The van der Waals surface area contributed by atoms with Crippen molar-refractivity contribution < 1.29 is 62.3 Å². The minimum Gasteiger partial charge on any atom is -0.322 e. The molecule has 0 radical (unpaired) electrons. The summed E-state index contributed by atoms with van der Waals surface area (Å²) in [6.07, 6.45) is -20.6. The highest BCUT2D eigenvalue weighted by Gasteiger charge is 2.38. The zero-order valence-corrected chi connectivity index (χ0v) is 24.9. The molecule has 48 heavy (non-hydrogen) atoms. The summed E-state index contributed by atoms with van der Waals surface area (Å²) in [4.78, 5) is 26.3. The van der Waals surface area contributed by atoms with Crippen molar-refractivity contribution in [3.8, 4) is 0 Å². The van der Waals surface area contributed by atoms with Gasteiger partial charge in [0.15, 0.2) is 0 Å². The van der Waals surface area contributed by atoms with E-state index in [9.17, 15) is 62.3 Å². The van der Waals surface area contributed by atoms with E-state index in [0.29, 0.717) is 24.3 Å². The Morgan fingerprint density at radius 1 is 0.438 bits per heavy atom. The van der Waals surface area contributed by atoms with Crippen LogP contribution in [0.5, 0.6) is 0 Å². The zero-order chi connectivity index (χ0) is 35.7. The van der Waals surface area contributed by atoms with Crippen molar-refractivity contribution in [2.45, 2.75) is 34.5 Å². The smallest absolute Gasteiger partial charge is 0.322 e. The van der Waals surface area contributed by atoms with Crippen LogP contribution in [0.3, 0.4) is 0 Å². The molecular weight excluding hydrogens is 712 g/mol. The van der Waals surface area contributed by atoms with Gasteiger partial charge in [-0.1, -0.05) is 45.9 Å². The van der Waals surface area contributed by atoms with Crippen LogP contribution in [-0.4, -0.2) is 11.8 Å². The molecule has 0 aliphatic rings. The third-order valence-electron chi connectivity index (χ3n) is 6.18. The van der Waals surface area contributed by atoms with Crippen LogP contribution in [0.15, 0.2) is 94.7 Å². The molecule has 18 heteroatoms. The van der Waals surface area contributed by atoms with Gasteiger partial charge in [0.05, 0.1) is 33.4 Å². The number of amides is 2. The van der Waals surface area contributed by atoms with Gasteiger partial charge in [-0.15, -0.1) is 0 Å². The number of anilines is 2. The van der Waals surface area contributed by atoms with Crippen molar-refractivity contribution >= 4 is 44.8 Å². The summed E-state index contributed by atoms with van der Waals surface area (Å²) in [6, 6.07) is 11.9. The monoisotopic (exact) mass is 728 g/mol. The number of hydrogen-bond donors (Lipinski definition) is 2. The molecule has 2 amide bonds. The fourth-order valence-electron chi connectivity index (χ4n) is 3.99. The number of carbonyl (C=O) groups excluding carboxylic acids is 2. The standard InChI is InChI=1S/C30H16F12N2O2S2/c31-27(32,33)15-9-16(28(34,35)36)12-19(11-15)43-25(45)21-5-1-3-7-23(21)47-48-24-8-4-2-6-22(24)26(46)44-20-13-17(29(37,38)39)10-18(14-20)30(40,41)42/h1-14H,(H,43,45)(H,44,46). The van der Waals surface area contributed by atoms with Gasteiger partial charge in [-0.05, 0) is 60.7 Å². The first-order chi connectivity index (χ1) is 22.1. The van der Waals surface area contributed by atoms with E-state index in [4.69, 9.17) is 0 Å². The number of hydrogen-bond acceptors (Lipinski definition) is 4. The van der Waals surface area contributed by atoms with Gasteiger partial charge >= 0.3 is 24.7 Å². The molecule has 0 aliphatic heterocycles. The topological polar surface area (TPSA) is 58.2 Å². The Labute approximate surface area is 270 Å². The normalized spacial score (nSPS) is 12.5. The average Bonchev–Trinajstić information content (AvgIpc) is 2.98. The van der Waals surface area contributed by atoms with E-state index in [0.717, 1.165) is 21.6 Å². The highest BCUT2D eigenvalue weighted by atomic mass is 33.1. The van der Waals surface area contributed by atoms with Gasteiger partial charge in [-0.25, -0.2) is 0 Å². The first-order valence-corrected chi connectivity index (χ1v) is 15.0. The second-order valence-corrected chi connectivity index (χ2v) is 11.9. The molecule has 254 valence electrons. The molecule has 0 unspecified atom stereocenters. The van der Waals surface area contributed by atoms with Gasteiger partial charge in [0, 0.05) is 21.2 Å². The molecule has 4 aromatic carbocycles. The zero-order valence-electron chi connectivity index (χ0n) is 23.3. The highest BCUT2D eigenvalue weighted by molar-refractivity contribution is 8.76. The Bertz CT molecular complexity index is 1640. The molecule has 0 aliphatic carbocycles. The lowest BCUT2D eigenvalue weighted by molar-refractivity contribution is -0.144. The van der Waals surface area contributed by atoms with Crippen LogP contribution in [0.1, 0.15) is 43.0 Å². The molecule has 0 heterocycles. The number of rotatable bonds is 7. The lowest BCUT2D eigenvalue weighted by Gasteiger charge is -2.16. The van der Waals surface area contributed by atoms with Gasteiger partial charge in [0.25, 0.3) is 11.8 Å². The van der Waals surface area contributed by atoms with Crippen LogP contribution in [0.4, 0.5) is 64.1 Å². The van der Waals surface area contributed by atoms with Gasteiger partial charge in [-0.2, -0.15) is 52.7 Å².